The second-order valence-electron chi connectivity index (χ2n) is 5.32. The summed E-state index contributed by atoms with van der Waals surface area (Å²) in [5.74, 6) is 0.583. The maximum Gasteiger partial charge on any atom is 0.0991 e. The van der Waals surface area contributed by atoms with Gasteiger partial charge in [-0.2, -0.15) is 5.26 Å². The summed E-state index contributed by atoms with van der Waals surface area (Å²) < 4.78 is 0. The molecule has 1 aliphatic rings. The Balaban J connectivity index is 1.99. The van der Waals surface area contributed by atoms with Crippen LogP contribution >= 0.6 is 0 Å². The van der Waals surface area contributed by atoms with Gasteiger partial charge in [-0.15, -0.1) is 0 Å². The molecular formula is C17H19N3. The molecule has 0 amide bonds. The van der Waals surface area contributed by atoms with E-state index < -0.39 is 0 Å². The summed E-state index contributed by atoms with van der Waals surface area (Å²) in [6.07, 6.45) is 6.80. The predicted molar refractivity (Wildman–Crippen MR) is 82.3 cm³/mol. The number of fused-ring (bicyclic) bond motifs is 1. The minimum atomic E-state index is 0.583. The van der Waals surface area contributed by atoms with Crippen LogP contribution in [0.15, 0.2) is 30.5 Å². The van der Waals surface area contributed by atoms with Crippen LogP contribution in [0.5, 0.6) is 0 Å². The lowest BCUT2D eigenvalue weighted by atomic mass is 9.94. The summed E-state index contributed by atoms with van der Waals surface area (Å²) in [4.78, 5) is 3.32. The molecule has 0 fully saturated rings. The molecule has 3 nitrogen and oxygen atoms in total. The number of aromatic nitrogens is 1. The maximum absolute atomic E-state index is 9.07. The normalized spacial score (nSPS) is 18.2. The third kappa shape index (κ3) is 2.23. The van der Waals surface area contributed by atoms with Crippen LogP contribution in [0.1, 0.15) is 30.9 Å². The highest BCUT2D eigenvalue weighted by molar-refractivity contribution is 5.94. The summed E-state index contributed by atoms with van der Waals surface area (Å²) in [5, 5.41) is 13.7. The minimum Gasteiger partial charge on any atom is -0.361 e. The molecule has 1 aromatic heterocycles. The van der Waals surface area contributed by atoms with Gasteiger partial charge in [0.05, 0.1) is 11.6 Å². The molecule has 2 N–H and O–H groups in total. The van der Waals surface area contributed by atoms with E-state index in [9.17, 15) is 0 Å². The van der Waals surface area contributed by atoms with Crippen LogP contribution in [0.4, 0.5) is 0 Å². The third-order valence-electron chi connectivity index (χ3n) is 4.08. The van der Waals surface area contributed by atoms with Crippen LogP contribution < -0.4 is 5.32 Å². The second-order valence-corrected chi connectivity index (χ2v) is 5.32. The molecule has 0 unspecified atom stereocenters. The predicted octanol–water partition coefficient (Wildman–Crippen LogP) is 3.44. The Morgan fingerprint density at radius 1 is 1.45 bits per heavy atom. The Kier molecular flexibility index (Phi) is 3.58. The summed E-state index contributed by atoms with van der Waals surface area (Å²) in [6, 6.07) is 8.07. The maximum atomic E-state index is 9.07. The zero-order chi connectivity index (χ0) is 13.9. The molecule has 0 saturated carbocycles. The van der Waals surface area contributed by atoms with Crippen LogP contribution in [-0.4, -0.2) is 18.1 Å². The first kappa shape index (κ1) is 13.0. The molecule has 2 aromatic rings. The summed E-state index contributed by atoms with van der Waals surface area (Å²) in [7, 11) is 0. The molecule has 1 aliphatic carbocycles. The molecule has 3 heteroatoms. The minimum absolute atomic E-state index is 0.583. The zero-order valence-electron chi connectivity index (χ0n) is 11.7. The van der Waals surface area contributed by atoms with Crippen molar-refractivity contribution in [3.8, 4) is 6.07 Å². The van der Waals surface area contributed by atoms with Gasteiger partial charge < -0.3 is 10.3 Å². The number of nitrogens with zero attached hydrogens (tertiary/aromatic N) is 1. The molecule has 1 heterocycles. The average molecular weight is 265 g/mol. The lowest BCUT2D eigenvalue weighted by molar-refractivity contribution is 0.571. The third-order valence-corrected chi connectivity index (χ3v) is 4.08. The van der Waals surface area contributed by atoms with Gasteiger partial charge in [-0.05, 0) is 49.1 Å². The van der Waals surface area contributed by atoms with Crippen molar-refractivity contribution < 1.29 is 0 Å². The SMILES string of the molecule is CCNC[C@H]1CCC=C1c1c[nH]c2ccc(C#N)cc12. The Hall–Kier alpha value is -2.05. The quantitative estimate of drug-likeness (QED) is 0.889. The molecule has 0 aliphatic heterocycles. The monoisotopic (exact) mass is 265 g/mol. The van der Waals surface area contributed by atoms with Crippen LogP contribution in [0.2, 0.25) is 0 Å². The summed E-state index contributed by atoms with van der Waals surface area (Å²) in [5.41, 5.74) is 4.51. The number of rotatable bonds is 4. The van der Waals surface area contributed by atoms with Crippen molar-refractivity contribution >= 4 is 16.5 Å². The standard InChI is InChI=1S/C17H19N3/c1-2-19-10-13-4-3-5-14(13)16-11-20-17-7-6-12(9-18)8-15(16)17/h5-8,11,13,19-20H,2-4,10H2,1H3/t13-/m1/s1. The van der Waals surface area contributed by atoms with Crippen LogP contribution in [-0.2, 0) is 0 Å². The fourth-order valence-electron chi connectivity index (χ4n) is 3.05. The number of benzene rings is 1. The van der Waals surface area contributed by atoms with Gasteiger partial charge in [-0.25, -0.2) is 0 Å². The number of aromatic amines is 1. The van der Waals surface area contributed by atoms with E-state index in [2.05, 4.69) is 35.6 Å². The van der Waals surface area contributed by atoms with Gasteiger partial charge in [0.25, 0.3) is 0 Å². The van der Waals surface area contributed by atoms with Crippen LogP contribution in [0.3, 0.4) is 0 Å². The molecular weight excluding hydrogens is 246 g/mol. The van der Waals surface area contributed by atoms with Gasteiger partial charge in [-0.3, -0.25) is 0 Å². The van der Waals surface area contributed by atoms with E-state index in [4.69, 9.17) is 5.26 Å². The van der Waals surface area contributed by atoms with Crippen molar-refractivity contribution in [1.29, 1.82) is 5.26 Å². The van der Waals surface area contributed by atoms with Crippen molar-refractivity contribution in [2.75, 3.05) is 13.1 Å². The fourth-order valence-corrected chi connectivity index (χ4v) is 3.05. The van der Waals surface area contributed by atoms with E-state index in [1.807, 2.05) is 18.2 Å². The van der Waals surface area contributed by atoms with Crippen LogP contribution in [0.25, 0.3) is 16.5 Å². The van der Waals surface area contributed by atoms with Gasteiger partial charge in [0.1, 0.15) is 0 Å². The molecule has 0 bridgehead atoms. The first-order chi connectivity index (χ1) is 9.83. The van der Waals surface area contributed by atoms with Gasteiger partial charge in [0, 0.05) is 29.2 Å². The number of nitrogens with one attached hydrogen (secondary N) is 2. The van der Waals surface area contributed by atoms with Crippen LogP contribution in [0, 0.1) is 17.2 Å². The van der Waals surface area contributed by atoms with E-state index in [1.54, 1.807) is 0 Å². The lowest BCUT2D eigenvalue weighted by Crippen LogP contribution is -2.21. The molecule has 3 rings (SSSR count). The molecule has 102 valence electrons. The van der Waals surface area contributed by atoms with E-state index >= 15 is 0 Å². The van der Waals surface area contributed by atoms with E-state index in [1.165, 1.54) is 22.9 Å². The zero-order valence-corrected chi connectivity index (χ0v) is 11.7. The molecule has 0 spiro atoms. The van der Waals surface area contributed by atoms with Gasteiger partial charge in [0.15, 0.2) is 0 Å². The number of allylic oxidation sites excluding steroid dienone is 1. The topological polar surface area (TPSA) is 51.6 Å². The second kappa shape index (κ2) is 5.52. The largest absolute Gasteiger partial charge is 0.361 e. The van der Waals surface area contributed by atoms with E-state index in [0.717, 1.165) is 30.6 Å². The van der Waals surface area contributed by atoms with E-state index in [-0.39, 0.29) is 0 Å². The fraction of sp³-hybridized carbons (Fsp3) is 0.353. The van der Waals surface area contributed by atoms with Crippen molar-refractivity contribution in [3.05, 3.63) is 41.6 Å². The number of hydrogen-bond acceptors (Lipinski definition) is 2. The molecule has 1 aromatic carbocycles. The molecule has 20 heavy (non-hydrogen) atoms. The summed E-state index contributed by atoms with van der Waals surface area (Å²) in [6.45, 7) is 4.19. The first-order valence-corrected chi connectivity index (χ1v) is 7.26. The van der Waals surface area contributed by atoms with Gasteiger partial charge in [-0.1, -0.05) is 13.0 Å². The Labute approximate surface area is 119 Å². The van der Waals surface area contributed by atoms with E-state index in [0.29, 0.717) is 5.92 Å². The van der Waals surface area contributed by atoms with Gasteiger partial charge >= 0.3 is 0 Å². The van der Waals surface area contributed by atoms with Crippen molar-refractivity contribution in [3.63, 3.8) is 0 Å². The highest BCUT2D eigenvalue weighted by atomic mass is 14.8. The average Bonchev–Trinajstić information content (AvgIpc) is 3.10. The van der Waals surface area contributed by atoms with Crippen molar-refractivity contribution in [1.82, 2.24) is 10.3 Å². The molecule has 0 saturated heterocycles. The smallest absolute Gasteiger partial charge is 0.0991 e. The van der Waals surface area contributed by atoms with Crippen molar-refractivity contribution in [2.45, 2.75) is 19.8 Å². The Bertz CT molecular complexity index is 688. The Morgan fingerprint density at radius 2 is 2.35 bits per heavy atom. The highest BCUT2D eigenvalue weighted by Gasteiger charge is 2.22. The first-order valence-electron chi connectivity index (χ1n) is 7.26. The van der Waals surface area contributed by atoms with Crippen molar-refractivity contribution in [2.24, 2.45) is 5.92 Å². The van der Waals surface area contributed by atoms with Gasteiger partial charge in [0.2, 0.25) is 0 Å². The summed E-state index contributed by atoms with van der Waals surface area (Å²) >= 11 is 0. The highest BCUT2D eigenvalue weighted by Crippen LogP contribution is 2.37. The number of nitriles is 1. The molecule has 1 atom stereocenters. The number of H-pyrrole nitrogens is 1. The number of hydrogen-bond donors (Lipinski definition) is 2. The molecule has 0 radical (unpaired) electrons. The Morgan fingerprint density at radius 3 is 3.15 bits per heavy atom. The lowest BCUT2D eigenvalue weighted by Gasteiger charge is -2.15.